The highest BCUT2D eigenvalue weighted by Gasteiger charge is 2.36. The lowest BCUT2D eigenvalue weighted by Gasteiger charge is -2.42. The van der Waals surface area contributed by atoms with Crippen molar-refractivity contribution < 1.29 is 9.59 Å². The van der Waals surface area contributed by atoms with Gasteiger partial charge in [-0.15, -0.1) is 0 Å². The zero-order valence-corrected chi connectivity index (χ0v) is 49.9. The average molecular weight is 1030 g/mol. The maximum atomic E-state index is 14.6. The number of hydrogen-bond donors (Lipinski definition) is 0. The molecule has 2 aliphatic carbocycles. The van der Waals surface area contributed by atoms with E-state index in [1.807, 2.05) is 21.6 Å². The minimum absolute atomic E-state index is 0.0638. The Kier molecular flexibility index (Phi) is 29.4. The third-order valence-electron chi connectivity index (χ3n) is 18.0. The van der Waals surface area contributed by atoms with Crippen LogP contribution in [-0.4, -0.2) is 40.7 Å². The molecule has 8 unspecified atom stereocenters. The quantitative estimate of drug-likeness (QED) is 0.0628. The van der Waals surface area contributed by atoms with Crippen molar-refractivity contribution in [2.24, 2.45) is 59.2 Å². The molecule has 0 aromatic carbocycles. The maximum absolute atomic E-state index is 14.6. The molecule has 0 radical (unpaired) electrons. The van der Waals surface area contributed by atoms with Gasteiger partial charge in [-0.05, 0) is 201 Å². The molecule has 1 saturated heterocycles. The second-order valence-corrected chi connectivity index (χ2v) is 26.9. The second-order valence-electron chi connectivity index (χ2n) is 24.2. The molecule has 4 rings (SSSR count). The van der Waals surface area contributed by atoms with Gasteiger partial charge in [-0.1, -0.05) is 192 Å². The fourth-order valence-corrected chi connectivity index (χ4v) is 15.5. The van der Waals surface area contributed by atoms with E-state index in [1.165, 1.54) is 103 Å². The number of ketones is 1. The van der Waals surface area contributed by atoms with Gasteiger partial charge in [0.15, 0.2) is 5.94 Å². The van der Waals surface area contributed by atoms with Crippen molar-refractivity contribution in [2.75, 3.05) is 18.1 Å². The van der Waals surface area contributed by atoms with E-state index in [0.717, 1.165) is 114 Å². The van der Waals surface area contributed by atoms with E-state index in [4.69, 9.17) is 13.2 Å². The lowest BCUT2D eigenvalue weighted by Crippen LogP contribution is -2.42. The minimum atomic E-state index is -0.146. The molecule has 2 aliphatic heterocycles. The summed E-state index contributed by atoms with van der Waals surface area (Å²) in [6, 6.07) is 0.0638. The fourth-order valence-electron chi connectivity index (χ4n) is 13.2. The van der Waals surface area contributed by atoms with Crippen molar-refractivity contribution in [3.8, 4) is 0 Å². The van der Waals surface area contributed by atoms with Crippen molar-refractivity contribution in [2.45, 2.75) is 222 Å². The summed E-state index contributed by atoms with van der Waals surface area (Å²) in [5.41, 5.74) is 9.73. The number of carbonyl (C=O) groups excluding carboxylic acids is 2. The molecule has 73 heavy (non-hydrogen) atoms. The standard InChI is InChI=1S/C68H107NO2S2/c1-14-37-72-73-38-23-25-49(4)30-31-51(6)41-59-32-34-60(35-33-59)43-55(10)65-44-56(11)66-29-20-21-36-69(66)67(48-70)58(13)64-28-22-27-61(46-64)45-63(16-3)53(8)26-19-17-18-24-50(5)39-54(9)62(15-2)42-52(7)40-57(12)68(71)47-65/h17-19,24,26,40,50,55,57,59-66H,4,6,9,11,13-16,20-23,25,27-39,41-47H2,1-3,5,7-8,10,12H3/b19-17+,24-18+,52-40+,53-26+/t50?,55?,57?,59?,60?,61?,62?,63?,64?,65?,66-/m0/s1. The van der Waals surface area contributed by atoms with Gasteiger partial charge >= 0.3 is 0 Å². The predicted octanol–water partition coefficient (Wildman–Crippen LogP) is 20.2. The Bertz CT molecular complexity index is 1950. The van der Waals surface area contributed by atoms with Gasteiger partial charge in [0, 0.05) is 30.4 Å². The van der Waals surface area contributed by atoms with Gasteiger partial charge in [0.2, 0.25) is 0 Å². The zero-order valence-electron chi connectivity index (χ0n) is 48.2. The summed E-state index contributed by atoms with van der Waals surface area (Å²) in [5, 5.41) is 0. The number of nitrogens with zero attached hydrogens (tertiary/aromatic N) is 1. The smallest absolute Gasteiger partial charge is 0.150 e. The minimum Gasteiger partial charge on any atom is -0.356 e. The molecule has 0 spiro atoms. The topological polar surface area (TPSA) is 37.4 Å². The Morgan fingerprint density at radius 2 is 1.48 bits per heavy atom. The van der Waals surface area contributed by atoms with E-state index in [1.54, 1.807) is 0 Å². The van der Waals surface area contributed by atoms with E-state index < -0.39 is 0 Å². The SMILES string of the molecule is C=C(CCCSSCCC)CCC(=C)CC1CCC(CC(C)C2CC(=C)[C@@H]3CCCCN3C(=C=O)C(=C)C3CCCC(C3)CC(CC)/C(C)=C/C=C/C=C/C(C)CC(=C)C(CC)C/C(C)=C/C(C)C(=O)C2)CC1. The summed E-state index contributed by atoms with van der Waals surface area (Å²) in [6.45, 7) is 42.3. The Balaban J connectivity index is 1.52. The molecule has 9 atom stereocenters. The van der Waals surface area contributed by atoms with Gasteiger partial charge in [-0.2, -0.15) is 0 Å². The van der Waals surface area contributed by atoms with E-state index >= 15 is 0 Å². The highest BCUT2D eigenvalue weighted by molar-refractivity contribution is 8.76. The number of allylic oxidation sites excluding steroid dienone is 12. The monoisotopic (exact) mass is 1030 g/mol. The molecular formula is C68H107NO2S2. The van der Waals surface area contributed by atoms with Crippen LogP contribution in [-0.2, 0) is 9.59 Å². The summed E-state index contributed by atoms with van der Waals surface area (Å²) in [4.78, 5) is 30.2. The highest BCUT2D eigenvalue weighted by atomic mass is 33.1. The molecule has 2 saturated carbocycles. The molecule has 3 fully saturated rings. The number of carbonyl (C=O) groups is 1. The molecule has 0 aromatic heterocycles. The third-order valence-corrected chi connectivity index (χ3v) is 20.7. The first-order valence-electron chi connectivity index (χ1n) is 29.9. The first-order valence-corrected chi connectivity index (χ1v) is 32.4. The average Bonchev–Trinajstić information content (AvgIpc) is 3.37. The molecule has 408 valence electrons. The predicted molar refractivity (Wildman–Crippen MR) is 325 cm³/mol. The third kappa shape index (κ3) is 22.0. The van der Waals surface area contributed by atoms with Crippen molar-refractivity contribution in [3.05, 3.63) is 114 Å². The number of rotatable bonds is 17. The van der Waals surface area contributed by atoms with Crippen LogP contribution in [0, 0.1) is 59.2 Å². The Labute approximate surface area is 458 Å². The fraction of sp³-hybridized carbons (Fsp3) is 0.691. The van der Waals surface area contributed by atoms with E-state index in [0.29, 0.717) is 59.3 Å². The second kappa shape index (κ2) is 34.1. The number of fused-ring (bicyclic) bond motifs is 3. The van der Waals surface area contributed by atoms with Crippen molar-refractivity contribution in [3.63, 3.8) is 0 Å². The molecule has 2 bridgehead atoms. The first kappa shape index (κ1) is 62.8. The molecular weight excluding hydrogens is 927 g/mol. The summed E-state index contributed by atoms with van der Waals surface area (Å²) in [6.07, 6.45) is 41.1. The lowest BCUT2D eigenvalue weighted by molar-refractivity contribution is -0.122. The Morgan fingerprint density at radius 1 is 0.767 bits per heavy atom. The van der Waals surface area contributed by atoms with Crippen LogP contribution in [0.4, 0.5) is 0 Å². The van der Waals surface area contributed by atoms with Crippen LogP contribution >= 0.6 is 21.6 Å². The lowest BCUT2D eigenvalue weighted by atomic mass is 9.71. The molecule has 2 heterocycles. The van der Waals surface area contributed by atoms with Crippen molar-refractivity contribution in [1.82, 2.24) is 4.90 Å². The van der Waals surface area contributed by atoms with Crippen LogP contribution in [0.2, 0.25) is 0 Å². The largest absolute Gasteiger partial charge is 0.356 e. The summed E-state index contributed by atoms with van der Waals surface area (Å²) in [7, 11) is 4.02. The number of hydrogen-bond acceptors (Lipinski definition) is 5. The van der Waals surface area contributed by atoms with E-state index in [-0.39, 0.29) is 17.9 Å². The van der Waals surface area contributed by atoms with E-state index in [9.17, 15) is 9.59 Å². The van der Waals surface area contributed by atoms with Gasteiger partial charge in [-0.3, -0.25) is 4.79 Å². The normalized spacial score (nSPS) is 31.9. The zero-order chi connectivity index (χ0) is 53.3. The first-order chi connectivity index (χ1) is 35.1. The van der Waals surface area contributed by atoms with Crippen LogP contribution in [0.25, 0.3) is 0 Å². The van der Waals surface area contributed by atoms with Crippen LogP contribution in [0.1, 0.15) is 216 Å². The molecule has 5 heteroatoms. The van der Waals surface area contributed by atoms with Gasteiger partial charge in [-0.25, -0.2) is 4.79 Å². The highest BCUT2D eigenvalue weighted by Crippen LogP contribution is 2.44. The number of piperidine rings is 1. The molecule has 4 aliphatic rings. The maximum Gasteiger partial charge on any atom is 0.150 e. The Morgan fingerprint density at radius 3 is 2.19 bits per heavy atom. The van der Waals surface area contributed by atoms with Gasteiger partial charge < -0.3 is 4.90 Å². The molecule has 0 aromatic rings. The summed E-state index contributed by atoms with van der Waals surface area (Å²) in [5.74, 6) is 9.42. The molecule has 0 N–H and O–H groups in total. The van der Waals surface area contributed by atoms with E-state index in [2.05, 4.69) is 122 Å². The number of Topliss-reactive ketones (excluding diaryl/α,β-unsaturated/α-hetero) is 1. The van der Waals surface area contributed by atoms with Gasteiger partial charge in [0.25, 0.3) is 0 Å². The molecule has 0 amide bonds. The van der Waals surface area contributed by atoms with Crippen molar-refractivity contribution in [1.29, 1.82) is 0 Å². The Hall–Kier alpha value is -2.72. The van der Waals surface area contributed by atoms with Crippen LogP contribution < -0.4 is 0 Å². The van der Waals surface area contributed by atoms with Crippen molar-refractivity contribution >= 4 is 33.3 Å². The van der Waals surface area contributed by atoms with Crippen LogP contribution in [0.15, 0.2) is 114 Å². The summed E-state index contributed by atoms with van der Waals surface area (Å²) < 4.78 is 0. The van der Waals surface area contributed by atoms with Crippen LogP contribution in [0.5, 0.6) is 0 Å². The van der Waals surface area contributed by atoms with Gasteiger partial charge in [0.05, 0.1) is 6.04 Å². The van der Waals surface area contributed by atoms with Gasteiger partial charge in [0.1, 0.15) is 11.5 Å². The molecule has 3 nitrogen and oxygen atoms in total. The van der Waals surface area contributed by atoms with Crippen LogP contribution in [0.3, 0.4) is 0 Å². The summed E-state index contributed by atoms with van der Waals surface area (Å²) >= 11 is 0.